The van der Waals surface area contributed by atoms with Crippen LogP contribution in [0.1, 0.15) is 27.3 Å². The van der Waals surface area contributed by atoms with Gasteiger partial charge in [-0.3, -0.25) is 9.59 Å². The molecule has 4 aromatic rings. The van der Waals surface area contributed by atoms with E-state index in [0.717, 1.165) is 11.1 Å². The normalized spacial score (nSPS) is 11.4. The molecule has 1 heterocycles. The lowest BCUT2D eigenvalue weighted by Gasteiger charge is -2.09. The van der Waals surface area contributed by atoms with Gasteiger partial charge in [0.1, 0.15) is 0 Å². The van der Waals surface area contributed by atoms with Crippen LogP contribution < -0.4 is 20.3 Å². The number of hydrogen-bond acceptors (Lipinski definition) is 5. The highest BCUT2D eigenvalue weighted by Gasteiger charge is 2.13. The Morgan fingerprint density at radius 1 is 1.03 bits per heavy atom. The molecule has 0 aliphatic carbocycles. The van der Waals surface area contributed by atoms with Crippen LogP contribution in [0.4, 0.5) is 5.69 Å². The highest BCUT2D eigenvalue weighted by molar-refractivity contribution is 6.50. The summed E-state index contributed by atoms with van der Waals surface area (Å²) < 4.78 is 10.6. The van der Waals surface area contributed by atoms with Crippen LogP contribution in [0.3, 0.4) is 0 Å². The number of carbonyl (C=O) groups is 1. The van der Waals surface area contributed by atoms with Crippen molar-refractivity contribution in [1.29, 1.82) is 0 Å². The Balaban J connectivity index is 1.62. The van der Waals surface area contributed by atoms with E-state index in [1.165, 1.54) is 14.2 Å². The maximum absolute atomic E-state index is 12.6. The third kappa shape index (κ3) is 4.94. The van der Waals surface area contributed by atoms with Crippen molar-refractivity contribution in [3.63, 3.8) is 0 Å². The first-order valence-electron chi connectivity index (χ1n) is 10.4. The third-order valence-electron chi connectivity index (χ3n) is 5.19. The summed E-state index contributed by atoms with van der Waals surface area (Å²) in [6.07, 6.45) is 1.66. The summed E-state index contributed by atoms with van der Waals surface area (Å²) in [7, 11) is 3.01. The number of aryl methyl sites for hydroxylation is 1. The standard InChI is InChI=1S/C26H22ClN3O4/c1-15-7-9-17(10-8-15)25(31)28-18-6-4-5-16(11-18)12-20(27)24-29-21-14-23(34-3)22(33-2)13-19(21)26(32)30-24/h4-14H,1-3H3,(H,28,31)(H,29,30,32)/b20-12-. The van der Waals surface area contributed by atoms with Crippen LogP contribution >= 0.6 is 11.6 Å². The van der Waals surface area contributed by atoms with Crippen LogP contribution in [0.15, 0.2) is 65.5 Å². The molecule has 0 bridgehead atoms. The molecule has 3 aromatic carbocycles. The second-order valence-electron chi connectivity index (χ2n) is 7.58. The minimum atomic E-state index is -0.355. The zero-order valence-corrected chi connectivity index (χ0v) is 19.6. The Morgan fingerprint density at radius 3 is 2.44 bits per heavy atom. The van der Waals surface area contributed by atoms with Gasteiger partial charge in [-0.15, -0.1) is 0 Å². The lowest BCUT2D eigenvalue weighted by atomic mass is 10.1. The summed E-state index contributed by atoms with van der Waals surface area (Å²) in [5.41, 5.74) is 3.04. The summed E-state index contributed by atoms with van der Waals surface area (Å²) >= 11 is 6.50. The number of benzene rings is 3. The molecule has 1 amide bonds. The van der Waals surface area contributed by atoms with Crippen LogP contribution in [0.25, 0.3) is 22.0 Å². The minimum absolute atomic E-state index is 0.209. The van der Waals surface area contributed by atoms with Crippen molar-refractivity contribution in [3.05, 3.63) is 93.5 Å². The fraction of sp³-hybridized carbons (Fsp3) is 0.115. The van der Waals surface area contributed by atoms with Crippen LogP contribution in [0, 0.1) is 6.92 Å². The van der Waals surface area contributed by atoms with Gasteiger partial charge in [-0.05, 0) is 48.9 Å². The predicted octanol–water partition coefficient (Wildman–Crippen LogP) is 5.24. The van der Waals surface area contributed by atoms with E-state index in [1.54, 1.807) is 48.5 Å². The Bertz CT molecular complexity index is 1460. The molecule has 0 aliphatic heterocycles. The molecule has 2 N–H and O–H groups in total. The summed E-state index contributed by atoms with van der Waals surface area (Å²) in [5, 5.41) is 3.46. The summed E-state index contributed by atoms with van der Waals surface area (Å²) in [5.74, 6) is 0.884. The molecule has 0 saturated heterocycles. The number of aromatic nitrogens is 2. The number of anilines is 1. The smallest absolute Gasteiger partial charge is 0.259 e. The number of nitrogens with one attached hydrogen (secondary N) is 2. The Morgan fingerprint density at radius 2 is 1.74 bits per heavy atom. The molecule has 172 valence electrons. The number of carbonyl (C=O) groups excluding carboxylic acids is 1. The topological polar surface area (TPSA) is 93.3 Å². The number of aromatic amines is 1. The fourth-order valence-electron chi connectivity index (χ4n) is 3.41. The molecule has 4 rings (SSSR count). The van der Waals surface area contributed by atoms with Gasteiger partial charge < -0.3 is 19.8 Å². The summed E-state index contributed by atoms with van der Waals surface area (Å²) in [6, 6.07) is 17.7. The largest absolute Gasteiger partial charge is 0.493 e. The molecular formula is C26H22ClN3O4. The van der Waals surface area contributed by atoms with Crippen molar-refractivity contribution in [1.82, 2.24) is 9.97 Å². The van der Waals surface area contributed by atoms with Crippen molar-refractivity contribution in [2.45, 2.75) is 6.92 Å². The van der Waals surface area contributed by atoms with Gasteiger partial charge in [-0.25, -0.2) is 4.98 Å². The first-order valence-corrected chi connectivity index (χ1v) is 10.8. The van der Waals surface area contributed by atoms with E-state index >= 15 is 0 Å². The number of hydrogen-bond donors (Lipinski definition) is 2. The molecular weight excluding hydrogens is 454 g/mol. The molecule has 0 aliphatic rings. The third-order valence-corrected chi connectivity index (χ3v) is 5.48. The quantitative estimate of drug-likeness (QED) is 0.398. The van der Waals surface area contributed by atoms with Crippen molar-refractivity contribution >= 4 is 45.2 Å². The highest BCUT2D eigenvalue weighted by atomic mass is 35.5. The van der Waals surface area contributed by atoms with E-state index in [-0.39, 0.29) is 22.3 Å². The van der Waals surface area contributed by atoms with Gasteiger partial charge in [0.15, 0.2) is 17.3 Å². The number of nitrogens with zero attached hydrogens (tertiary/aromatic N) is 1. The second-order valence-corrected chi connectivity index (χ2v) is 7.98. The molecule has 0 atom stereocenters. The average Bonchev–Trinajstić information content (AvgIpc) is 2.83. The molecule has 0 fully saturated rings. The average molecular weight is 476 g/mol. The van der Waals surface area contributed by atoms with Gasteiger partial charge in [0.05, 0.1) is 30.2 Å². The lowest BCUT2D eigenvalue weighted by molar-refractivity contribution is 0.102. The van der Waals surface area contributed by atoms with Crippen molar-refractivity contribution in [2.75, 3.05) is 19.5 Å². The van der Waals surface area contributed by atoms with Gasteiger partial charge in [0.2, 0.25) is 0 Å². The van der Waals surface area contributed by atoms with Gasteiger partial charge in [-0.1, -0.05) is 41.4 Å². The van der Waals surface area contributed by atoms with Crippen LogP contribution in [0.2, 0.25) is 0 Å². The monoisotopic (exact) mass is 475 g/mol. The maximum Gasteiger partial charge on any atom is 0.259 e. The van der Waals surface area contributed by atoms with Crippen molar-refractivity contribution < 1.29 is 14.3 Å². The zero-order valence-electron chi connectivity index (χ0n) is 18.8. The molecule has 7 nitrogen and oxygen atoms in total. The van der Waals surface area contributed by atoms with Gasteiger partial charge in [0, 0.05) is 17.3 Å². The van der Waals surface area contributed by atoms with Crippen LogP contribution in [-0.4, -0.2) is 30.1 Å². The second kappa shape index (κ2) is 9.80. The van der Waals surface area contributed by atoms with E-state index in [0.29, 0.717) is 33.7 Å². The van der Waals surface area contributed by atoms with E-state index in [2.05, 4.69) is 15.3 Å². The molecule has 0 unspecified atom stereocenters. The first kappa shape index (κ1) is 23.1. The minimum Gasteiger partial charge on any atom is -0.493 e. The molecule has 8 heteroatoms. The van der Waals surface area contributed by atoms with Crippen LogP contribution in [-0.2, 0) is 0 Å². The molecule has 0 spiro atoms. The Kier molecular flexibility index (Phi) is 6.65. The molecule has 0 radical (unpaired) electrons. The fourth-order valence-corrected chi connectivity index (χ4v) is 3.62. The molecule has 0 saturated carbocycles. The number of ether oxygens (including phenoxy) is 2. The number of rotatable bonds is 6. The number of fused-ring (bicyclic) bond motifs is 1. The van der Waals surface area contributed by atoms with Gasteiger partial charge in [-0.2, -0.15) is 0 Å². The van der Waals surface area contributed by atoms with E-state index in [4.69, 9.17) is 21.1 Å². The first-order chi connectivity index (χ1) is 16.4. The van der Waals surface area contributed by atoms with Gasteiger partial charge in [0.25, 0.3) is 11.5 Å². The number of methoxy groups -OCH3 is 2. The maximum atomic E-state index is 12.6. The van der Waals surface area contributed by atoms with Crippen molar-refractivity contribution in [2.24, 2.45) is 0 Å². The number of amides is 1. The van der Waals surface area contributed by atoms with Gasteiger partial charge >= 0.3 is 0 Å². The molecule has 34 heavy (non-hydrogen) atoms. The van der Waals surface area contributed by atoms with E-state index in [1.807, 2.05) is 25.1 Å². The summed E-state index contributed by atoms with van der Waals surface area (Å²) in [6.45, 7) is 1.96. The van der Waals surface area contributed by atoms with E-state index in [9.17, 15) is 9.59 Å². The zero-order chi connectivity index (χ0) is 24.2. The number of halogens is 1. The Hall–Kier alpha value is -4.10. The van der Waals surface area contributed by atoms with Crippen molar-refractivity contribution in [3.8, 4) is 11.5 Å². The Labute approximate surface area is 201 Å². The highest BCUT2D eigenvalue weighted by Crippen LogP contribution is 2.31. The SMILES string of the molecule is COc1cc2nc(/C(Cl)=C/c3cccc(NC(=O)c4ccc(C)cc4)c3)[nH]c(=O)c2cc1OC. The predicted molar refractivity (Wildman–Crippen MR) is 135 cm³/mol. The molecule has 1 aromatic heterocycles. The number of H-pyrrole nitrogens is 1. The lowest BCUT2D eigenvalue weighted by Crippen LogP contribution is -2.12. The van der Waals surface area contributed by atoms with E-state index < -0.39 is 0 Å². The van der Waals surface area contributed by atoms with Crippen LogP contribution in [0.5, 0.6) is 11.5 Å². The summed E-state index contributed by atoms with van der Waals surface area (Å²) in [4.78, 5) is 32.3.